The summed E-state index contributed by atoms with van der Waals surface area (Å²) in [6.07, 6.45) is 10.1. The van der Waals surface area contributed by atoms with E-state index in [1.54, 1.807) is 0 Å². The molecular weight excluding hydrogens is 2110 g/mol. The summed E-state index contributed by atoms with van der Waals surface area (Å²) in [6.45, 7) is 69.2. The zero-order chi connectivity index (χ0) is 66.5. The van der Waals surface area contributed by atoms with Crippen molar-refractivity contribution in [1.82, 2.24) is 0 Å². The maximum Gasteiger partial charge on any atom is 0 e. The van der Waals surface area contributed by atoms with Crippen molar-refractivity contribution in [2.45, 2.75) is 338 Å². The molecule has 0 spiro atoms. The van der Waals surface area contributed by atoms with Crippen LogP contribution < -0.4 is 0 Å². The van der Waals surface area contributed by atoms with Crippen molar-refractivity contribution in [2.24, 2.45) is 0 Å². The molecule has 0 aliphatic carbocycles. The second-order valence-electron chi connectivity index (χ2n) is 27.8. The van der Waals surface area contributed by atoms with E-state index in [-0.39, 0.29) is 139 Å². The first-order valence-electron chi connectivity index (χ1n) is 30.7. The first kappa shape index (κ1) is 138. The summed E-state index contributed by atoms with van der Waals surface area (Å²) >= 11 is 3.53. The molecule has 85 heavy (non-hydrogen) atoms. The SMILES string of the molecule is CCCC[Si](C)(C)[O][GeH3].CCCC[Si](O)(CCCC)CCCC.CC[Si](C)(C)O.CC[Si](CC)(CC)[O][GeH3].CC[Si](O)(CC)CC.C[Si](C)(C)O.C[Si](C)(C)O.C[Si](C)(C)O.C[Si](C)(C)[O][GeH3].C[Si](C)(C)[O][PbH].C[Si](C)(C)[O][SnH].[Hf].[Ti].[Ti].[Ti].[Ti].[Zr]. The predicted octanol–water partition coefficient (Wildman–Crippen LogP) is 13.9. The molecule has 0 amide bonds. The summed E-state index contributed by atoms with van der Waals surface area (Å²) in [5.41, 5.74) is 0. The molecule has 0 saturated heterocycles. The molecule has 6 N–H and O–H groups in total. The summed E-state index contributed by atoms with van der Waals surface area (Å²) < 4.78 is 27.0. The van der Waals surface area contributed by atoms with E-state index in [1.807, 2.05) is 78.9 Å². The van der Waals surface area contributed by atoms with E-state index in [4.69, 9.17) is 34.7 Å². The Balaban J connectivity index is -0.0000000402. The zero-order valence-electron chi connectivity index (χ0n) is 63.8. The normalized spacial score (nSPS) is 11.3. The van der Waals surface area contributed by atoms with E-state index in [2.05, 4.69) is 141 Å². The third-order valence-corrected chi connectivity index (χ3v) is 65.2. The van der Waals surface area contributed by atoms with Crippen LogP contribution in [0.15, 0.2) is 0 Å². The van der Waals surface area contributed by atoms with E-state index in [1.165, 1.54) is 75.5 Å². The third kappa shape index (κ3) is 183. The Morgan fingerprint density at radius 2 is 0.541 bits per heavy atom. The van der Waals surface area contributed by atoms with Crippen LogP contribution in [0.5, 0.6) is 0 Å². The van der Waals surface area contributed by atoms with Gasteiger partial charge in [-0.2, -0.15) is 0 Å². The maximum atomic E-state index is 10.5. The van der Waals surface area contributed by atoms with Gasteiger partial charge in [0, 0.05) is 139 Å². The molecular formula is C52H154Ge3HfO11PbSi11SnTi4Zr. The average Bonchev–Trinajstić information content (AvgIpc) is 3.31. The van der Waals surface area contributed by atoms with Gasteiger partial charge in [-0.25, -0.2) is 0 Å². The summed E-state index contributed by atoms with van der Waals surface area (Å²) in [6, 6.07) is 12.7. The van der Waals surface area contributed by atoms with Crippen LogP contribution in [0, 0.1) is 0 Å². The molecule has 0 saturated carbocycles. The first-order chi connectivity index (χ1) is 35.0. The van der Waals surface area contributed by atoms with Crippen LogP contribution in [0.25, 0.3) is 0 Å². The third-order valence-electron chi connectivity index (χ3n) is 11.2. The zero-order valence-corrected chi connectivity index (χ0v) is 107. The minimum absolute atomic E-state index is 0. The van der Waals surface area contributed by atoms with E-state index in [0.29, 0.717) is 50.6 Å². The van der Waals surface area contributed by atoms with Gasteiger partial charge in [-0.3, -0.25) is 0 Å². The maximum absolute atomic E-state index is 10.5. The predicted molar refractivity (Wildman–Crippen MR) is 407 cm³/mol. The van der Waals surface area contributed by atoms with Crippen LogP contribution in [-0.4, -0.2) is 220 Å². The molecule has 516 valence electrons. The van der Waals surface area contributed by atoms with Gasteiger partial charge in [-0.05, 0) is 114 Å². The molecule has 0 aliphatic rings. The van der Waals surface area contributed by atoms with Gasteiger partial charge in [0.25, 0.3) is 0 Å². The van der Waals surface area contributed by atoms with Crippen molar-refractivity contribution in [3.63, 3.8) is 0 Å². The monoisotopic (exact) mass is 2270 g/mol. The van der Waals surface area contributed by atoms with Crippen molar-refractivity contribution in [3.8, 4) is 0 Å². The Morgan fingerprint density at radius 3 is 0.612 bits per heavy atom. The second kappa shape index (κ2) is 81.2. The van der Waals surface area contributed by atoms with Crippen LogP contribution in [-0.2, 0) is 154 Å². The molecule has 0 fully saturated rings. The van der Waals surface area contributed by atoms with E-state index in [0.717, 1.165) is 91.5 Å². The van der Waals surface area contributed by atoms with Crippen molar-refractivity contribution < 1.29 is 183 Å². The van der Waals surface area contributed by atoms with Gasteiger partial charge in [0.2, 0.25) is 0 Å². The largest absolute Gasteiger partial charge is 0 e. The van der Waals surface area contributed by atoms with Gasteiger partial charge in [-0.15, -0.1) is 0 Å². The van der Waals surface area contributed by atoms with Crippen LogP contribution in [0.2, 0.25) is 211 Å². The molecule has 0 atom stereocenters. The van der Waals surface area contributed by atoms with Crippen molar-refractivity contribution in [2.75, 3.05) is 0 Å². The van der Waals surface area contributed by atoms with Crippen molar-refractivity contribution in [1.29, 1.82) is 0 Å². The summed E-state index contributed by atoms with van der Waals surface area (Å²) in [5.74, 6) is 0. The van der Waals surface area contributed by atoms with Gasteiger partial charge >= 0.3 is 294 Å². The van der Waals surface area contributed by atoms with E-state index in [9.17, 15) is 9.59 Å². The number of hydrogen-bond acceptors (Lipinski definition) is 11. The van der Waals surface area contributed by atoms with Crippen molar-refractivity contribution in [3.05, 3.63) is 0 Å². The smallest absolute Gasteiger partial charge is 0 e. The van der Waals surface area contributed by atoms with E-state index >= 15 is 0 Å². The first-order valence-corrected chi connectivity index (χ1v) is 73.5. The fraction of sp³-hybridized carbons (Fsp3) is 1.00. The molecule has 11 nitrogen and oxygen atoms in total. The topological polar surface area (TPSA) is 168 Å². The Bertz CT molecular complexity index is 1090. The van der Waals surface area contributed by atoms with Crippen LogP contribution >= 0.6 is 0 Å². The molecule has 0 aromatic carbocycles. The molecule has 0 rings (SSSR count). The summed E-state index contributed by atoms with van der Waals surface area (Å²) in [5, 5.41) is 0. The van der Waals surface area contributed by atoms with Gasteiger partial charge < -0.3 is 28.8 Å². The van der Waals surface area contributed by atoms with Crippen LogP contribution in [0.4, 0.5) is 0 Å². The fourth-order valence-corrected chi connectivity index (χ4v) is 20.3. The Labute approximate surface area is 701 Å². The van der Waals surface area contributed by atoms with Gasteiger partial charge in [-0.1, -0.05) is 87.0 Å². The molecule has 0 aliphatic heterocycles. The summed E-state index contributed by atoms with van der Waals surface area (Å²) in [7, 11) is -15.3. The fourth-order valence-electron chi connectivity index (χ4n) is 4.53. The number of hydrogen-bond donors (Lipinski definition) is 6. The molecule has 0 aromatic heterocycles. The standard InChI is InChI=1S/C12H28OSi.2C6H18GeOSi.C6H16OSi.C4H12OSi.C3H12GeOSi.3C3H10OSi.2C3H9OSi.Hf.Pb.Sn.4Ti.Zr.2H/c1-4-7-10-14(13,11-8-5-2)12-9-6-3;1-4-5-6-9(2,3)8-7;1-4-9(5-2,6-3)8-7;1-4-8(7,5-2)6-3;1-4-6(2,3)5;1-6(2,3)5-4;5*1-5(2,3)4;;;;;;;;;;/h13H,4-12H2,1-3H3;2*4-6H2,1-3,7H3;7H,4-6H2,1-3H3;5H,4H2,1-3H3;1-4H3;3*4H,1-3H3;2*1-3H3;;;;;;;;;;/q;;;;;;;;;2*-1;;2*+1;;;;;;;. The molecule has 0 heterocycles. The number of rotatable bonds is 24. The Morgan fingerprint density at radius 1 is 0.353 bits per heavy atom. The van der Waals surface area contributed by atoms with Crippen LogP contribution in [0.1, 0.15) is 128 Å². The molecule has 0 bridgehead atoms. The minimum Gasteiger partial charge on any atom is 0 e. The molecule has 4 radical (unpaired) electrons. The van der Waals surface area contributed by atoms with Gasteiger partial charge in [0.1, 0.15) is 0 Å². The van der Waals surface area contributed by atoms with Crippen molar-refractivity contribution >= 4 is 191 Å². The quantitative estimate of drug-likeness (QED) is 0.0509. The molecule has 33 heteroatoms. The van der Waals surface area contributed by atoms with Crippen LogP contribution in [0.3, 0.4) is 0 Å². The number of unbranched alkanes of at least 4 members (excludes halogenated alkanes) is 4. The minimum atomic E-state index is -1.81. The molecule has 0 aromatic rings. The van der Waals surface area contributed by atoms with Gasteiger partial charge in [0.15, 0.2) is 49.9 Å². The van der Waals surface area contributed by atoms with E-state index < -0.39 is 91.5 Å². The second-order valence-corrected chi connectivity index (χ2v) is 89.0. The summed E-state index contributed by atoms with van der Waals surface area (Å²) in [4.78, 5) is 55.1. The Hall–Kier alpha value is 9.91. The molecule has 0 unspecified atom stereocenters. The van der Waals surface area contributed by atoms with Gasteiger partial charge in [0.05, 0.1) is 0 Å². The Kier molecular flexibility index (Phi) is 132. The average molecular weight is 2270 g/mol.